The lowest BCUT2D eigenvalue weighted by atomic mass is 10.1. The van der Waals surface area contributed by atoms with Gasteiger partial charge in [-0.05, 0) is 18.5 Å². The molecule has 16 heavy (non-hydrogen) atoms. The standard InChI is InChI=1S/C7H9F3N4S2/c1-3-13-6(16-14-3)15-2-4(5(11)12)7(8,9)10/h4H,2H2,1H3,(H3,11,12). The highest BCUT2D eigenvalue weighted by Gasteiger charge is 2.41. The molecule has 0 aliphatic rings. The first kappa shape index (κ1) is 13.2. The number of alkyl halides is 3. The van der Waals surface area contributed by atoms with Crippen LogP contribution in [0.25, 0.3) is 0 Å². The number of nitrogens with zero attached hydrogens (tertiary/aromatic N) is 2. The molecule has 0 aliphatic carbocycles. The molecule has 1 rings (SSSR count). The first-order chi connectivity index (χ1) is 7.30. The number of rotatable bonds is 4. The summed E-state index contributed by atoms with van der Waals surface area (Å²) >= 11 is 1.95. The third-order valence-electron chi connectivity index (χ3n) is 1.65. The van der Waals surface area contributed by atoms with Crippen molar-refractivity contribution in [1.29, 1.82) is 5.41 Å². The van der Waals surface area contributed by atoms with Gasteiger partial charge >= 0.3 is 6.18 Å². The van der Waals surface area contributed by atoms with Gasteiger partial charge in [-0.1, -0.05) is 11.8 Å². The molecule has 90 valence electrons. The highest BCUT2D eigenvalue weighted by atomic mass is 32.2. The lowest BCUT2D eigenvalue weighted by Crippen LogP contribution is -2.36. The molecule has 1 aromatic heterocycles. The second-order valence-electron chi connectivity index (χ2n) is 2.97. The van der Waals surface area contributed by atoms with Crippen molar-refractivity contribution in [1.82, 2.24) is 9.36 Å². The SMILES string of the molecule is Cc1nsc(SCC(C(=N)N)C(F)(F)F)n1. The third kappa shape index (κ3) is 3.63. The fraction of sp³-hybridized carbons (Fsp3) is 0.571. The summed E-state index contributed by atoms with van der Waals surface area (Å²) in [5.74, 6) is -2.62. The molecule has 1 atom stereocenters. The van der Waals surface area contributed by atoms with Crippen molar-refractivity contribution < 1.29 is 13.2 Å². The fourth-order valence-electron chi connectivity index (χ4n) is 0.852. The zero-order valence-corrected chi connectivity index (χ0v) is 9.84. The number of thioether (sulfide) groups is 1. The summed E-state index contributed by atoms with van der Waals surface area (Å²) in [7, 11) is 0. The summed E-state index contributed by atoms with van der Waals surface area (Å²) in [5, 5.41) is 6.89. The number of aromatic nitrogens is 2. The van der Waals surface area contributed by atoms with E-state index in [1.165, 1.54) is 0 Å². The maximum Gasteiger partial charge on any atom is 0.399 e. The van der Waals surface area contributed by atoms with Gasteiger partial charge in [0.2, 0.25) is 0 Å². The van der Waals surface area contributed by atoms with Crippen molar-refractivity contribution in [2.75, 3.05) is 5.75 Å². The number of nitrogens with two attached hydrogens (primary N) is 1. The van der Waals surface area contributed by atoms with E-state index in [4.69, 9.17) is 11.1 Å². The van der Waals surface area contributed by atoms with E-state index in [2.05, 4.69) is 9.36 Å². The number of aryl methyl sites for hydroxylation is 1. The van der Waals surface area contributed by atoms with Crippen LogP contribution >= 0.6 is 23.3 Å². The summed E-state index contributed by atoms with van der Waals surface area (Å²) < 4.78 is 41.5. The predicted octanol–water partition coefficient (Wildman–Crippen LogP) is 2.05. The molecule has 1 heterocycles. The van der Waals surface area contributed by atoms with E-state index in [9.17, 15) is 13.2 Å². The van der Waals surface area contributed by atoms with Crippen molar-refractivity contribution in [3.63, 3.8) is 0 Å². The molecule has 9 heteroatoms. The van der Waals surface area contributed by atoms with Crippen LogP contribution in [0.5, 0.6) is 0 Å². The number of hydrogen-bond acceptors (Lipinski definition) is 5. The Morgan fingerprint density at radius 3 is 2.62 bits per heavy atom. The number of nitrogens with one attached hydrogen (secondary N) is 1. The highest BCUT2D eigenvalue weighted by Crippen LogP contribution is 2.32. The van der Waals surface area contributed by atoms with E-state index >= 15 is 0 Å². The molecule has 0 amide bonds. The zero-order valence-electron chi connectivity index (χ0n) is 8.21. The van der Waals surface area contributed by atoms with Crippen LogP contribution in [0.15, 0.2) is 4.34 Å². The van der Waals surface area contributed by atoms with Crippen molar-refractivity contribution in [2.45, 2.75) is 17.4 Å². The van der Waals surface area contributed by atoms with E-state index in [1.54, 1.807) is 6.92 Å². The normalized spacial score (nSPS) is 13.8. The number of halogens is 3. The van der Waals surface area contributed by atoms with E-state index in [0.29, 0.717) is 10.2 Å². The lowest BCUT2D eigenvalue weighted by Gasteiger charge is -2.17. The van der Waals surface area contributed by atoms with Crippen LogP contribution in [0.1, 0.15) is 5.82 Å². The van der Waals surface area contributed by atoms with E-state index in [1.807, 2.05) is 0 Å². The van der Waals surface area contributed by atoms with Crippen molar-refractivity contribution in [3.05, 3.63) is 5.82 Å². The summed E-state index contributed by atoms with van der Waals surface area (Å²) in [6.07, 6.45) is -4.49. The Labute approximate surface area is 98.1 Å². The first-order valence-electron chi connectivity index (χ1n) is 4.14. The fourth-order valence-corrected chi connectivity index (χ4v) is 2.68. The molecule has 0 bridgehead atoms. The number of amidine groups is 1. The predicted molar refractivity (Wildman–Crippen MR) is 56.8 cm³/mol. The highest BCUT2D eigenvalue weighted by molar-refractivity contribution is 8.00. The maximum absolute atomic E-state index is 12.4. The Kier molecular flexibility index (Phi) is 4.14. The van der Waals surface area contributed by atoms with E-state index in [-0.39, 0.29) is 5.75 Å². The molecule has 4 nitrogen and oxygen atoms in total. The van der Waals surface area contributed by atoms with Gasteiger partial charge in [-0.3, -0.25) is 5.41 Å². The lowest BCUT2D eigenvalue weighted by molar-refractivity contribution is -0.149. The molecule has 1 aromatic rings. The summed E-state index contributed by atoms with van der Waals surface area (Å²) in [6.45, 7) is 1.66. The van der Waals surface area contributed by atoms with Crippen LogP contribution in [0.2, 0.25) is 0 Å². The smallest absolute Gasteiger partial charge is 0.387 e. The maximum atomic E-state index is 12.4. The van der Waals surface area contributed by atoms with Crippen LogP contribution in [0.3, 0.4) is 0 Å². The second-order valence-corrected chi connectivity index (χ2v) is 4.99. The molecule has 1 unspecified atom stereocenters. The van der Waals surface area contributed by atoms with Gasteiger partial charge in [0.05, 0.1) is 0 Å². The molecular formula is C7H9F3N4S2. The Morgan fingerprint density at radius 2 is 2.25 bits per heavy atom. The average Bonchev–Trinajstić information content (AvgIpc) is 2.48. The summed E-state index contributed by atoms with van der Waals surface area (Å²) in [4.78, 5) is 3.92. The Hall–Kier alpha value is -0.830. The minimum Gasteiger partial charge on any atom is -0.387 e. The molecular weight excluding hydrogens is 261 g/mol. The number of hydrogen-bond donors (Lipinski definition) is 2. The van der Waals surface area contributed by atoms with E-state index in [0.717, 1.165) is 23.3 Å². The Bertz CT molecular complexity index is 376. The van der Waals surface area contributed by atoms with Crippen molar-refractivity contribution in [3.8, 4) is 0 Å². The van der Waals surface area contributed by atoms with Crippen LogP contribution in [-0.2, 0) is 0 Å². The van der Waals surface area contributed by atoms with Gasteiger partial charge in [0.15, 0.2) is 4.34 Å². The molecule has 0 saturated heterocycles. The summed E-state index contributed by atoms with van der Waals surface area (Å²) in [6, 6.07) is 0. The largest absolute Gasteiger partial charge is 0.399 e. The average molecular weight is 270 g/mol. The van der Waals surface area contributed by atoms with Crippen molar-refractivity contribution >= 4 is 29.1 Å². The molecule has 0 aromatic carbocycles. The quantitative estimate of drug-likeness (QED) is 0.499. The molecule has 0 radical (unpaired) electrons. The van der Waals surface area contributed by atoms with Crippen LogP contribution in [0.4, 0.5) is 13.2 Å². The zero-order chi connectivity index (χ0) is 12.3. The first-order valence-corrected chi connectivity index (χ1v) is 5.90. The summed E-state index contributed by atoms with van der Waals surface area (Å²) in [5.41, 5.74) is 4.91. The second kappa shape index (κ2) is 5.00. The van der Waals surface area contributed by atoms with Gasteiger partial charge in [-0.2, -0.15) is 17.5 Å². The molecule has 3 N–H and O–H groups in total. The minimum absolute atomic E-state index is 0.340. The van der Waals surface area contributed by atoms with Gasteiger partial charge in [-0.25, -0.2) is 4.98 Å². The van der Waals surface area contributed by atoms with Gasteiger partial charge < -0.3 is 5.73 Å². The topological polar surface area (TPSA) is 75.7 Å². The third-order valence-corrected chi connectivity index (χ3v) is 3.67. The molecule has 0 spiro atoms. The van der Waals surface area contributed by atoms with E-state index < -0.39 is 17.9 Å². The van der Waals surface area contributed by atoms with Gasteiger partial charge in [0.1, 0.15) is 17.6 Å². The van der Waals surface area contributed by atoms with Crippen LogP contribution in [-0.4, -0.2) is 27.1 Å². The Morgan fingerprint density at radius 1 is 1.62 bits per heavy atom. The monoisotopic (exact) mass is 270 g/mol. The van der Waals surface area contributed by atoms with Gasteiger partial charge in [0.25, 0.3) is 0 Å². The van der Waals surface area contributed by atoms with Crippen LogP contribution in [0, 0.1) is 18.3 Å². The van der Waals surface area contributed by atoms with Gasteiger partial charge in [-0.15, -0.1) is 0 Å². The molecule has 0 saturated carbocycles. The van der Waals surface area contributed by atoms with Gasteiger partial charge in [0, 0.05) is 5.75 Å². The van der Waals surface area contributed by atoms with Crippen LogP contribution < -0.4 is 5.73 Å². The molecule has 0 fully saturated rings. The van der Waals surface area contributed by atoms with Crippen molar-refractivity contribution in [2.24, 2.45) is 11.7 Å². The Balaban J connectivity index is 2.61. The minimum atomic E-state index is -4.49. The molecule has 0 aliphatic heterocycles.